The molecule has 3 N–H and O–H groups in total. The van der Waals surface area contributed by atoms with Gasteiger partial charge in [0, 0.05) is 24.1 Å². The smallest absolute Gasteiger partial charge is 0.202 e. The van der Waals surface area contributed by atoms with Gasteiger partial charge in [0.25, 0.3) is 0 Å². The summed E-state index contributed by atoms with van der Waals surface area (Å²) in [5.41, 5.74) is 5.82. The molecule has 1 aliphatic carbocycles. The van der Waals surface area contributed by atoms with Crippen LogP contribution >= 0.6 is 11.5 Å². The highest BCUT2D eigenvalue weighted by Gasteiger charge is 2.21. The lowest BCUT2D eigenvalue weighted by atomic mass is 10.1. The summed E-state index contributed by atoms with van der Waals surface area (Å²) in [5, 5.41) is 4.19. The lowest BCUT2D eigenvalue weighted by Gasteiger charge is -2.08. The van der Waals surface area contributed by atoms with Gasteiger partial charge < -0.3 is 11.1 Å². The van der Waals surface area contributed by atoms with Crippen LogP contribution in [0, 0.1) is 5.92 Å². The van der Waals surface area contributed by atoms with Crippen LogP contribution in [0.2, 0.25) is 0 Å². The molecule has 1 saturated carbocycles. The van der Waals surface area contributed by atoms with E-state index in [1.807, 2.05) is 0 Å². The fraction of sp³-hybridized carbons (Fsp3) is 0.750. The van der Waals surface area contributed by atoms with Crippen LogP contribution in [0.5, 0.6) is 0 Å². The number of anilines is 1. The molecule has 0 aromatic carbocycles. The minimum atomic E-state index is 0.418. The maximum atomic E-state index is 5.82. The second-order valence-corrected chi connectivity index (χ2v) is 4.35. The van der Waals surface area contributed by atoms with Crippen LogP contribution in [-0.4, -0.2) is 21.9 Å². The van der Waals surface area contributed by atoms with Gasteiger partial charge in [-0.1, -0.05) is 0 Å². The Hall–Kier alpha value is -0.680. The number of hydrogen-bond acceptors (Lipinski definition) is 5. The van der Waals surface area contributed by atoms with E-state index in [1.165, 1.54) is 24.4 Å². The van der Waals surface area contributed by atoms with E-state index < -0.39 is 0 Å². The van der Waals surface area contributed by atoms with Crippen LogP contribution in [0.4, 0.5) is 5.13 Å². The van der Waals surface area contributed by atoms with Crippen LogP contribution in [0.15, 0.2) is 6.33 Å². The molecule has 0 radical (unpaired) electrons. The molecule has 5 heteroatoms. The third-order valence-corrected chi connectivity index (χ3v) is 3.11. The van der Waals surface area contributed by atoms with E-state index in [9.17, 15) is 0 Å². The first-order valence-corrected chi connectivity index (χ1v) is 5.38. The molecule has 0 saturated heterocycles. The molecule has 1 aromatic heterocycles. The SMILES string of the molecule is NC1CCC(CNc2ncns2)C1. The van der Waals surface area contributed by atoms with Crippen molar-refractivity contribution in [1.82, 2.24) is 9.36 Å². The van der Waals surface area contributed by atoms with Crippen molar-refractivity contribution >= 4 is 16.7 Å². The van der Waals surface area contributed by atoms with E-state index in [0.717, 1.165) is 24.0 Å². The zero-order valence-corrected chi connectivity index (χ0v) is 8.26. The average Bonchev–Trinajstić information content (AvgIpc) is 2.71. The number of nitrogens with zero attached hydrogens (tertiary/aromatic N) is 2. The molecule has 0 aliphatic heterocycles. The predicted octanol–water partition coefficient (Wildman–Crippen LogP) is 1.08. The van der Waals surface area contributed by atoms with E-state index in [-0.39, 0.29) is 0 Å². The van der Waals surface area contributed by atoms with Crippen LogP contribution in [0.1, 0.15) is 19.3 Å². The molecular formula is C8H14N4S. The zero-order chi connectivity index (χ0) is 9.10. The lowest BCUT2D eigenvalue weighted by molar-refractivity contribution is 0.565. The quantitative estimate of drug-likeness (QED) is 0.762. The second-order valence-electron chi connectivity index (χ2n) is 3.57. The maximum Gasteiger partial charge on any atom is 0.202 e. The van der Waals surface area contributed by atoms with Crippen LogP contribution in [0.25, 0.3) is 0 Å². The minimum Gasteiger partial charge on any atom is -0.360 e. The number of rotatable bonds is 3. The molecule has 1 fully saturated rings. The third kappa shape index (κ3) is 2.38. The molecule has 1 aromatic rings. The molecule has 72 valence electrons. The van der Waals surface area contributed by atoms with Crippen molar-refractivity contribution in [1.29, 1.82) is 0 Å². The van der Waals surface area contributed by atoms with Gasteiger partial charge in [0.15, 0.2) is 0 Å². The summed E-state index contributed by atoms with van der Waals surface area (Å²) < 4.78 is 3.93. The Morgan fingerprint density at radius 2 is 2.54 bits per heavy atom. The van der Waals surface area contributed by atoms with Crippen molar-refractivity contribution in [3.8, 4) is 0 Å². The summed E-state index contributed by atoms with van der Waals surface area (Å²) in [5.74, 6) is 0.721. The van der Waals surface area contributed by atoms with Crippen molar-refractivity contribution in [2.75, 3.05) is 11.9 Å². The average molecular weight is 198 g/mol. The molecular weight excluding hydrogens is 184 g/mol. The van der Waals surface area contributed by atoms with Gasteiger partial charge in [-0.25, -0.2) is 4.98 Å². The Labute approximate surface area is 81.7 Å². The Morgan fingerprint density at radius 1 is 1.62 bits per heavy atom. The Bertz CT molecular complexity index is 249. The van der Waals surface area contributed by atoms with Crippen LogP contribution in [0.3, 0.4) is 0 Å². The van der Waals surface area contributed by atoms with Gasteiger partial charge in [-0.3, -0.25) is 0 Å². The summed E-state index contributed by atoms with van der Waals surface area (Å²) in [6.45, 7) is 0.989. The Morgan fingerprint density at radius 3 is 3.15 bits per heavy atom. The number of hydrogen-bond donors (Lipinski definition) is 2. The van der Waals surface area contributed by atoms with E-state index in [4.69, 9.17) is 5.73 Å². The molecule has 0 spiro atoms. The number of nitrogens with two attached hydrogens (primary N) is 1. The van der Waals surface area contributed by atoms with Crippen molar-refractivity contribution in [2.24, 2.45) is 11.7 Å². The van der Waals surface area contributed by atoms with Crippen molar-refractivity contribution in [2.45, 2.75) is 25.3 Å². The highest BCUT2D eigenvalue weighted by molar-refractivity contribution is 7.09. The normalized spacial score (nSPS) is 27.8. The topological polar surface area (TPSA) is 63.8 Å². The maximum absolute atomic E-state index is 5.82. The third-order valence-electron chi connectivity index (χ3n) is 2.49. The largest absolute Gasteiger partial charge is 0.360 e. The molecule has 13 heavy (non-hydrogen) atoms. The Balaban J connectivity index is 1.74. The number of nitrogens with one attached hydrogen (secondary N) is 1. The first kappa shape index (κ1) is 8.90. The molecule has 1 aliphatic rings. The summed E-state index contributed by atoms with van der Waals surface area (Å²) in [6, 6.07) is 0.418. The van der Waals surface area contributed by atoms with Crippen molar-refractivity contribution < 1.29 is 0 Å². The highest BCUT2D eigenvalue weighted by Crippen LogP contribution is 2.24. The van der Waals surface area contributed by atoms with Gasteiger partial charge in [-0.2, -0.15) is 4.37 Å². The predicted molar refractivity (Wildman–Crippen MR) is 53.7 cm³/mol. The molecule has 0 bridgehead atoms. The van der Waals surface area contributed by atoms with Gasteiger partial charge in [-0.05, 0) is 25.2 Å². The second kappa shape index (κ2) is 4.02. The molecule has 2 rings (SSSR count). The Kier molecular flexibility index (Phi) is 2.75. The van der Waals surface area contributed by atoms with Crippen LogP contribution < -0.4 is 11.1 Å². The molecule has 4 nitrogen and oxygen atoms in total. The molecule has 1 heterocycles. The first-order valence-electron chi connectivity index (χ1n) is 4.60. The first-order chi connectivity index (χ1) is 6.34. The lowest BCUT2D eigenvalue weighted by Crippen LogP contribution is -2.17. The van der Waals surface area contributed by atoms with Crippen molar-refractivity contribution in [3.63, 3.8) is 0 Å². The van der Waals surface area contributed by atoms with Gasteiger partial charge >= 0.3 is 0 Å². The standard InChI is InChI=1S/C8H14N4S/c9-7-2-1-6(3-7)4-10-8-11-5-12-13-8/h5-7H,1-4,9H2,(H,10,11,12). The monoisotopic (exact) mass is 198 g/mol. The van der Waals surface area contributed by atoms with E-state index >= 15 is 0 Å². The summed E-state index contributed by atoms with van der Waals surface area (Å²) in [7, 11) is 0. The summed E-state index contributed by atoms with van der Waals surface area (Å²) >= 11 is 1.40. The zero-order valence-electron chi connectivity index (χ0n) is 7.44. The van der Waals surface area contributed by atoms with Crippen molar-refractivity contribution in [3.05, 3.63) is 6.33 Å². The van der Waals surface area contributed by atoms with E-state index in [2.05, 4.69) is 14.7 Å². The summed E-state index contributed by atoms with van der Waals surface area (Å²) in [6.07, 6.45) is 5.13. The fourth-order valence-electron chi connectivity index (χ4n) is 1.78. The summed E-state index contributed by atoms with van der Waals surface area (Å²) in [4.78, 5) is 4.06. The highest BCUT2D eigenvalue weighted by atomic mass is 32.1. The fourth-order valence-corrected chi connectivity index (χ4v) is 2.22. The molecule has 2 unspecified atom stereocenters. The molecule has 0 amide bonds. The van der Waals surface area contributed by atoms with Gasteiger partial charge in [0.2, 0.25) is 5.13 Å². The van der Waals surface area contributed by atoms with E-state index in [0.29, 0.717) is 6.04 Å². The minimum absolute atomic E-state index is 0.418. The number of aromatic nitrogens is 2. The van der Waals surface area contributed by atoms with Gasteiger partial charge in [0.05, 0.1) is 0 Å². The van der Waals surface area contributed by atoms with Crippen LogP contribution in [-0.2, 0) is 0 Å². The van der Waals surface area contributed by atoms with Gasteiger partial charge in [-0.15, -0.1) is 0 Å². The van der Waals surface area contributed by atoms with E-state index in [1.54, 1.807) is 6.33 Å². The molecule has 2 atom stereocenters. The van der Waals surface area contributed by atoms with Gasteiger partial charge in [0.1, 0.15) is 6.33 Å².